The first-order valence-corrected chi connectivity index (χ1v) is 20.9. The number of fused-ring (bicyclic) bond motifs is 2. The number of hydrogen-bond donors (Lipinski definition) is 2. The summed E-state index contributed by atoms with van der Waals surface area (Å²) in [5.41, 5.74) is 22.5. The second-order valence-electron chi connectivity index (χ2n) is 13.3. The molecule has 0 saturated carbocycles. The van der Waals surface area contributed by atoms with Crippen molar-refractivity contribution in [3.63, 3.8) is 0 Å². The highest BCUT2D eigenvalue weighted by Crippen LogP contribution is 2.31. The molecule has 1 aliphatic heterocycles. The highest BCUT2D eigenvalue weighted by atomic mass is 35.5. The van der Waals surface area contributed by atoms with Crippen LogP contribution in [0, 0.1) is 6.92 Å². The van der Waals surface area contributed by atoms with Crippen molar-refractivity contribution in [2.24, 2.45) is 26.4 Å². The lowest BCUT2D eigenvalue weighted by Gasteiger charge is -2.15. The fraction of sp³-hybridized carbons (Fsp3) is 0.263. The van der Waals surface area contributed by atoms with Gasteiger partial charge < -0.3 is 16.2 Å². The van der Waals surface area contributed by atoms with E-state index in [-0.39, 0.29) is 0 Å². The van der Waals surface area contributed by atoms with Crippen LogP contribution in [0.5, 0.6) is 0 Å². The van der Waals surface area contributed by atoms with Crippen molar-refractivity contribution in [1.29, 1.82) is 0 Å². The Morgan fingerprint density at radius 2 is 1.56 bits per heavy atom. The molecule has 14 heteroatoms. The van der Waals surface area contributed by atoms with Crippen molar-refractivity contribution < 1.29 is 4.74 Å². The molecule has 268 valence electrons. The molecule has 4 N–H and O–H groups in total. The van der Waals surface area contributed by atoms with Crippen LogP contribution >= 0.6 is 11.6 Å². The third-order valence-electron chi connectivity index (χ3n) is 8.21. The van der Waals surface area contributed by atoms with Gasteiger partial charge in [0.05, 0.1) is 34.9 Å². The lowest BCUT2D eigenvalue weighted by molar-refractivity contribution is 0.0802. The molecule has 0 aliphatic carbocycles. The summed E-state index contributed by atoms with van der Waals surface area (Å²) < 4.78 is 7.79. The summed E-state index contributed by atoms with van der Waals surface area (Å²) in [6, 6.07) is 17.0. The minimum absolute atomic E-state index is 0.335. The zero-order valence-electron chi connectivity index (χ0n) is 30.4. The number of allylic oxidation sites excluding steroid dienone is 2. The van der Waals surface area contributed by atoms with E-state index in [4.69, 9.17) is 32.9 Å². The number of aryl methyl sites for hydroxylation is 1. The normalized spacial score (nSPS) is 13.5. The molecule has 5 aromatic rings. The number of rotatable bonds is 11. The van der Waals surface area contributed by atoms with E-state index < -0.39 is 8.07 Å². The average Bonchev–Trinajstić information content (AvgIpc) is 3.72. The Bertz CT molecular complexity index is 2200. The van der Waals surface area contributed by atoms with Gasteiger partial charge in [-0.15, -0.1) is 0 Å². The van der Waals surface area contributed by atoms with Crippen LogP contribution in [0.4, 0.5) is 0 Å². The van der Waals surface area contributed by atoms with Gasteiger partial charge in [-0.1, -0.05) is 49.4 Å². The average molecular weight is 734 g/mol. The zero-order valence-corrected chi connectivity index (χ0v) is 32.1. The van der Waals surface area contributed by atoms with E-state index in [1.165, 1.54) is 11.9 Å². The lowest BCUT2D eigenvalue weighted by Crippen LogP contribution is -2.22. The van der Waals surface area contributed by atoms with E-state index in [1.807, 2.05) is 41.9 Å². The van der Waals surface area contributed by atoms with Gasteiger partial charge in [0.25, 0.3) is 0 Å². The Labute approximate surface area is 310 Å². The predicted octanol–water partition coefficient (Wildman–Crippen LogP) is 6.60. The molecule has 0 radical (unpaired) electrons. The standard InChI is InChI=1S/C21H27ClN6OSi.C17H17N5/c1-24-12-16(11-23)15-5-6-18-17(9-15)21(19-10-20(22)26-13-25-19)28(27-18)14-29-7-8-30(2,3)4;1-11-5-16(22-10-21-11)17-15-6-12(14(7-18)8-19-2)3-4-13(15)9-20-17/h5-6,9-13H,7-8,14,23H2,1-4H3;3-8,10H,9,18H2,1-2H3. The Morgan fingerprint density at radius 1 is 0.885 bits per heavy atom. The van der Waals surface area contributed by atoms with Crippen LogP contribution < -0.4 is 11.5 Å². The van der Waals surface area contributed by atoms with Gasteiger partial charge in [-0.2, -0.15) is 5.10 Å². The summed E-state index contributed by atoms with van der Waals surface area (Å²) >= 11 is 6.14. The van der Waals surface area contributed by atoms with E-state index in [9.17, 15) is 0 Å². The molecule has 3 aromatic heterocycles. The van der Waals surface area contributed by atoms with Crippen LogP contribution in [-0.4, -0.2) is 76.6 Å². The minimum Gasteiger partial charge on any atom is -0.404 e. The van der Waals surface area contributed by atoms with Gasteiger partial charge in [-0.05, 0) is 53.9 Å². The molecular weight excluding hydrogens is 690 g/mol. The Kier molecular flexibility index (Phi) is 12.5. The van der Waals surface area contributed by atoms with E-state index in [2.05, 4.69) is 66.7 Å². The van der Waals surface area contributed by atoms with E-state index in [0.29, 0.717) is 30.7 Å². The van der Waals surface area contributed by atoms with Crippen LogP contribution in [0.2, 0.25) is 30.8 Å². The fourth-order valence-corrected chi connectivity index (χ4v) is 6.44. The number of halogens is 1. The summed E-state index contributed by atoms with van der Waals surface area (Å²) in [7, 11) is 2.28. The molecule has 0 bridgehead atoms. The van der Waals surface area contributed by atoms with Gasteiger partial charge in [-0.3, -0.25) is 15.0 Å². The number of aromatic nitrogens is 6. The van der Waals surface area contributed by atoms with Crippen LogP contribution in [0.1, 0.15) is 33.6 Å². The maximum absolute atomic E-state index is 6.14. The predicted molar refractivity (Wildman–Crippen MR) is 216 cm³/mol. The first kappa shape index (κ1) is 37.9. The van der Waals surface area contributed by atoms with Gasteiger partial charge >= 0.3 is 0 Å². The van der Waals surface area contributed by atoms with Crippen molar-refractivity contribution in [1.82, 2.24) is 29.7 Å². The fourth-order valence-electron chi connectivity index (χ4n) is 5.54. The molecule has 6 rings (SSSR count). The topological polar surface area (TPSA) is 168 Å². The molecule has 4 heterocycles. The zero-order chi connectivity index (χ0) is 37.3. The quantitative estimate of drug-likeness (QED) is 0.0663. The molecule has 0 amide bonds. The van der Waals surface area contributed by atoms with Crippen molar-refractivity contribution in [2.45, 2.75) is 45.9 Å². The Hall–Kier alpha value is -5.37. The molecular formula is C38H44ClN11OSi. The smallest absolute Gasteiger partial charge is 0.140 e. The van der Waals surface area contributed by atoms with Crippen molar-refractivity contribution >= 4 is 59.9 Å². The summed E-state index contributed by atoms with van der Waals surface area (Å²) in [4.78, 5) is 29.7. The Morgan fingerprint density at radius 3 is 2.21 bits per heavy atom. The molecule has 0 fully saturated rings. The van der Waals surface area contributed by atoms with Crippen LogP contribution in [0.15, 0.2) is 88.6 Å². The van der Waals surface area contributed by atoms with Gasteiger partial charge in [0.2, 0.25) is 0 Å². The van der Waals surface area contributed by atoms with Crippen LogP contribution in [0.3, 0.4) is 0 Å². The molecule has 0 spiro atoms. The molecule has 0 saturated heterocycles. The third kappa shape index (κ3) is 9.29. The first-order valence-electron chi connectivity index (χ1n) is 16.8. The minimum atomic E-state index is -1.17. The number of hydrogen-bond acceptors (Lipinski definition) is 11. The summed E-state index contributed by atoms with van der Waals surface area (Å²) in [5.74, 6) is 0. The number of ether oxygens (including phenoxy) is 1. The van der Waals surface area contributed by atoms with Gasteiger partial charge in [-0.25, -0.2) is 24.6 Å². The maximum Gasteiger partial charge on any atom is 0.140 e. The van der Waals surface area contributed by atoms with Crippen LogP contribution in [-0.2, 0) is 18.0 Å². The number of nitrogens with two attached hydrogens (primary N) is 2. The molecule has 2 aromatic carbocycles. The third-order valence-corrected chi connectivity index (χ3v) is 10.1. The Balaban J connectivity index is 0.000000210. The maximum atomic E-state index is 6.14. The monoisotopic (exact) mass is 733 g/mol. The van der Waals surface area contributed by atoms with Crippen LogP contribution in [0.25, 0.3) is 33.4 Å². The van der Waals surface area contributed by atoms with E-state index >= 15 is 0 Å². The van der Waals surface area contributed by atoms with Crippen molar-refractivity contribution in [3.8, 4) is 11.4 Å². The van der Waals surface area contributed by atoms with Gasteiger partial charge in [0.1, 0.15) is 24.5 Å². The highest BCUT2D eigenvalue weighted by molar-refractivity contribution is 6.76. The first-order chi connectivity index (χ1) is 25.0. The van der Waals surface area contributed by atoms with Gasteiger partial charge in [0, 0.05) is 87.5 Å². The van der Waals surface area contributed by atoms with E-state index in [1.54, 1.807) is 51.3 Å². The highest BCUT2D eigenvalue weighted by Gasteiger charge is 2.20. The van der Waals surface area contributed by atoms with Gasteiger partial charge in [0.15, 0.2) is 0 Å². The largest absolute Gasteiger partial charge is 0.404 e. The molecule has 0 atom stereocenters. The number of nitrogens with zero attached hydrogens (tertiary/aromatic N) is 9. The molecule has 0 unspecified atom stereocenters. The number of benzene rings is 2. The summed E-state index contributed by atoms with van der Waals surface area (Å²) in [5, 5.41) is 6.04. The summed E-state index contributed by atoms with van der Waals surface area (Å²) in [6.07, 6.45) is 9.61. The lowest BCUT2D eigenvalue weighted by atomic mass is 9.97. The van der Waals surface area contributed by atoms with E-state index in [0.717, 1.165) is 67.6 Å². The van der Waals surface area contributed by atoms with Crippen molar-refractivity contribution in [2.75, 3.05) is 20.7 Å². The second-order valence-corrected chi connectivity index (χ2v) is 19.3. The SMILES string of the molecule is CN=CC(=CN)c1ccc2c(c1)C(c1cc(C)ncn1)=NC2.CN=CC(=CN)c1ccc2nn(COCC[Si](C)(C)C)c(-c3cc(Cl)ncn3)c2c1. The number of aliphatic imine (C=N–C) groups is 3. The summed E-state index contributed by atoms with van der Waals surface area (Å²) in [6.45, 7) is 10.7. The second kappa shape index (κ2) is 17.2. The molecule has 12 nitrogen and oxygen atoms in total. The van der Waals surface area contributed by atoms with Crippen molar-refractivity contribution in [3.05, 3.63) is 112 Å². The molecule has 1 aliphatic rings. The molecule has 52 heavy (non-hydrogen) atoms.